The van der Waals surface area contributed by atoms with E-state index in [1.807, 2.05) is 17.6 Å². The molecule has 7 heteroatoms. The summed E-state index contributed by atoms with van der Waals surface area (Å²) in [7, 11) is 0. The number of amides is 1. The van der Waals surface area contributed by atoms with Gasteiger partial charge in [-0.15, -0.1) is 0 Å². The molecule has 1 fully saturated rings. The van der Waals surface area contributed by atoms with Gasteiger partial charge in [0.2, 0.25) is 5.91 Å². The van der Waals surface area contributed by atoms with Crippen LogP contribution in [0.3, 0.4) is 0 Å². The minimum atomic E-state index is -0.915. The Balaban J connectivity index is 1.78. The highest BCUT2D eigenvalue weighted by Crippen LogP contribution is 2.48. The van der Waals surface area contributed by atoms with Crippen LogP contribution in [0.1, 0.15) is 6.42 Å². The van der Waals surface area contributed by atoms with Crippen molar-refractivity contribution in [1.29, 1.82) is 5.26 Å². The lowest BCUT2D eigenvalue weighted by Gasteiger charge is -2.24. The minimum Gasteiger partial charge on any atom is -0.481 e. The van der Waals surface area contributed by atoms with Crippen molar-refractivity contribution in [3.8, 4) is 5.40 Å². The van der Waals surface area contributed by atoms with Crippen molar-refractivity contribution < 1.29 is 14.7 Å². The van der Waals surface area contributed by atoms with Gasteiger partial charge in [-0.3, -0.25) is 9.59 Å². The molecule has 0 heterocycles. The molecule has 0 aromatic heterocycles. The number of hydrogen-bond acceptors (Lipinski definition) is 4. The van der Waals surface area contributed by atoms with Gasteiger partial charge in [-0.05, 0) is 64.1 Å². The molecule has 1 amide bonds. The third-order valence-corrected chi connectivity index (χ3v) is 5.65. The number of hydrogen-bond donors (Lipinski definition) is 2. The van der Waals surface area contributed by atoms with Crippen molar-refractivity contribution in [2.24, 2.45) is 23.7 Å². The summed E-state index contributed by atoms with van der Waals surface area (Å²) in [5.41, 5.74) is 0.577. The van der Waals surface area contributed by atoms with Gasteiger partial charge in [0.15, 0.2) is 0 Å². The van der Waals surface area contributed by atoms with Crippen LogP contribution in [0.5, 0.6) is 0 Å². The summed E-state index contributed by atoms with van der Waals surface area (Å²) < 4.78 is 0.664. The average molecular weight is 393 g/mol. The van der Waals surface area contributed by atoms with Gasteiger partial charge in [0.25, 0.3) is 0 Å². The van der Waals surface area contributed by atoms with E-state index in [0.717, 1.165) is 23.1 Å². The van der Waals surface area contributed by atoms with Gasteiger partial charge in [-0.1, -0.05) is 12.2 Å². The Morgan fingerprint density at radius 2 is 2.00 bits per heavy atom. The fourth-order valence-electron chi connectivity index (χ4n) is 3.45. The predicted octanol–water partition coefficient (Wildman–Crippen LogP) is 3.48. The number of fused-ring (bicyclic) bond motifs is 2. The van der Waals surface area contributed by atoms with Crippen LogP contribution in [-0.2, 0) is 9.59 Å². The first-order valence-corrected chi connectivity index (χ1v) is 8.69. The maximum atomic E-state index is 12.6. The Bertz CT molecular complexity index is 743. The Morgan fingerprint density at radius 1 is 1.30 bits per heavy atom. The van der Waals surface area contributed by atoms with Crippen LogP contribution >= 0.6 is 27.7 Å². The van der Waals surface area contributed by atoms with Crippen LogP contribution in [0, 0.1) is 34.3 Å². The fraction of sp³-hybridized carbons (Fsp3) is 0.312. The zero-order valence-corrected chi connectivity index (χ0v) is 14.3. The number of rotatable bonds is 4. The van der Waals surface area contributed by atoms with Crippen molar-refractivity contribution in [3.63, 3.8) is 0 Å². The van der Waals surface area contributed by atoms with E-state index in [0.29, 0.717) is 10.2 Å². The summed E-state index contributed by atoms with van der Waals surface area (Å²) in [6.45, 7) is 0. The highest BCUT2D eigenvalue weighted by Gasteiger charge is 2.51. The smallest absolute Gasteiger partial charge is 0.307 e. The minimum absolute atomic E-state index is 0.00621. The normalized spacial score (nSPS) is 27.7. The van der Waals surface area contributed by atoms with Crippen LogP contribution in [0.2, 0.25) is 0 Å². The van der Waals surface area contributed by atoms with E-state index < -0.39 is 17.8 Å². The van der Waals surface area contributed by atoms with Gasteiger partial charge in [0, 0.05) is 9.37 Å². The summed E-state index contributed by atoms with van der Waals surface area (Å²) in [4.78, 5) is 24.8. The van der Waals surface area contributed by atoms with Crippen molar-refractivity contribution >= 4 is 45.3 Å². The fourth-order valence-corrected chi connectivity index (χ4v) is 4.49. The molecule has 2 aliphatic rings. The molecule has 0 aliphatic heterocycles. The summed E-state index contributed by atoms with van der Waals surface area (Å²) in [5, 5.41) is 22.9. The summed E-state index contributed by atoms with van der Waals surface area (Å²) >= 11 is 4.40. The van der Waals surface area contributed by atoms with E-state index in [2.05, 4.69) is 21.2 Å². The first kappa shape index (κ1) is 16.1. The third kappa shape index (κ3) is 3.01. The van der Waals surface area contributed by atoms with E-state index >= 15 is 0 Å². The Morgan fingerprint density at radius 3 is 2.61 bits per heavy atom. The number of carbonyl (C=O) groups is 2. The Hall–Kier alpha value is -1.78. The van der Waals surface area contributed by atoms with Crippen molar-refractivity contribution in [3.05, 3.63) is 34.8 Å². The molecular formula is C16H13BrN2O3S. The zero-order chi connectivity index (χ0) is 16.6. The molecule has 118 valence electrons. The van der Waals surface area contributed by atoms with Crippen LogP contribution in [-0.4, -0.2) is 17.0 Å². The molecule has 0 unspecified atom stereocenters. The molecule has 4 atom stereocenters. The first-order chi connectivity index (χ1) is 11.0. The van der Waals surface area contributed by atoms with Crippen molar-refractivity contribution in [2.45, 2.75) is 11.3 Å². The molecule has 1 aromatic rings. The van der Waals surface area contributed by atoms with Crippen LogP contribution in [0.4, 0.5) is 5.69 Å². The summed E-state index contributed by atoms with van der Waals surface area (Å²) in [6.07, 6.45) is 4.60. The second kappa shape index (κ2) is 6.38. The molecule has 2 N–H and O–H groups in total. The molecule has 23 heavy (non-hydrogen) atoms. The number of aliphatic carboxylic acids is 1. The lowest BCUT2D eigenvalue weighted by molar-refractivity contribution is -0.146. The number of anilines is 1. The monoisotopic (exact) mass is 392 g/mol. The number of nitrogens with zero attached hydrogens (tertiary/aromatic N) is 1. The van der Waals surface area contributed by atoms with Gasteiger partial charge in [-0.2, -0.15) is 5.26 Å². The molecular weight excluding hydrogens is 380 g/mol. The Kier molecular flexibility index (Phi) is 4.46. The molecule has 0 spiro atoms. The predicted molar refractivity (Wildman–Crippen MR) is 89.6 cm³/mol. The third-order valence-electron chi connectivity index (χ3n) is 4.41. The number of nitriles is 1. The molecule has 2 bridgehead atoms. The molecule has 5 nitrogen and oxygen atoms in total. The van der Waals surface area contributed by atoms with Gasteiger partial charge < -0.3 is 10.4 Å². The first-order valence-electron chi connectivity index (χ1n) is 7.08. The standard InChI is InChI=1S/C16H13BrN2O3S/c17-11-6-10(23-7-18)3-4-12(11)19-15(20)13-8-1-2-9(5-8)14(13)16(21)22/h1-4,6,8-9,13-14H,5H2,(H,19,20)(H,21,22)/t8-,9-,13+,14+/m0/s1. The summed E-state index contributed by atoms with van der Waals surface area (Å²) in [6, 6.07) is 5.20. The topological polar surface area (TPSA) is 90.2 Å². The number of carboxylic acids is 1. The van der Waals surface area contributed by atoms with E-state index in [-0.39, 0.29) is 17.7 Å². The molecule has 1 saturated carbocycles. The maximum Gasteiger partial charge on any atom is 0.307 e. The number of carboxylic acid groups (broad SMARTS) is 1. The number of allylic oxidation sites excluding steroid dienone is 2. The van der Waals surface area contributed by atoms with Gasteiger partial charge in [-0.25, -0.2) is 0 Å². The maximum absolute atomic E-state index is 12.6. The van der Waals surface area contributed by atoms with Crippen LogP contribution < -0.4 is 5.32 Å². The summed E-state index contributed by atoms with van der Waals surface area (Å²) in [5.74, 6) is -2.43. The molecule has 1 aromatic carbocycles. The molecule has 0 saturated heterocycles. The van der Waals surface area contributed by atoms with E-state index in [1.54, 1.807) is 18.2 Å². The zero-order valence-electron chi connectivity index (χ0n) is 11.9. The largest absolute Gasteiger partial charge is 0.481 e. The second-order valence-electron chi connectivity index (χ2n) is 5.66. The number of nitrogens with one attached hydrogen (secondary N) is 1. The van der Waals surface area contributed by atoms with Crippen LogP contribution in [0.15, 0.2) is 39.7 Å². The number of thiocyanates is 1. The molecule has 2 aliphatic carbocycles. The number of halogens is 1. The SMILES string of the molecule is N#CSc1ccc(NC(=O)[C@H]2[C@H](C(=O)O)[C@H]3C=C[C@H]2C3)c(Br)c1. The number of thioether (sulfide) groups is 1. The molecule has 3 rings (SSSR count). The highest BCUT2D eigenvalue weighted by atomic mass is 79.9. The van der Waals surface area contributed by atoms with E-state index in [9.17, 15) is 14.7 Å². The number of benzene rings is 1. The number of carbonyl (C=O) groups excluding carboxylic acids is 1. The van der Waals surface area contributed by atoms with Gasteiger partial charge >= 0.3 is 5.97 Å². The van der Waals surface area contributed by atoms with E-state index in [4.69, 9.17) is 5.26 Å². The van der Waals surface area contributed by atoms with Crippen molar-refractivity contribution in [1.82, 2.24) is 0 Å². The van der Waals surface area contributed by atoms with Crippen molar-refractivity contribution in [2.75, 3.05) is 5.32 Å². The molecule has 0 radical (unpaired) electrons. The van der Waals surface area contributed by atoms with Crippen LogP contribution in [0.25, 0.3) is 0 Å². The second-order valence-corrected chi connectivity index (χ2v) is 7.37. The van der Waals surface area contributed by atoms with Gasteiger partial charge in [0.1, 0.15) is 5.40 Å². The quantitative estimate of drug-likeness (QED) is 0.464. The highest BCUT2D eigenvalue weighted by molar-refractivity contribution is 9.10. The Labute approximate surface area is 145 Å². The lowest BCUT2D eigenvalue weighted by Crippen LogP contribution is -2.36. The average Bonchev–Trinajstić information content (AvgIpc) is 3.11. The van der Waals surface area contributed by atoms with E-state index in [1.165, 1.54) is 0 Å². The lowest BCUT2D eigenvalue weighted by atomic mass is 9.82. The van der Waals surface area contributed by atoms with Gasteiger partial charge in [0.05, 0.1) is 17.5 Å².